The highest BCUT2D eigenvalue weighted by molar-refractivity contribution is 6.33. The molecule has 0 fully saturated rings. The summed E-state index contributed by atoms with van der Waals surface area (Å²) in [7, 11) is 0. The number of carbonyl (C=O) groups excluding carboxylic acids is 1. The Kier molecular flexibility index (Phi) is 3.06. The summed E-state index contributed by atoms with van der Waals surface area (Å²) in [6, 6.07) is 8.64. The lowest BCUT2D eigenvalue weighted by molar-refractivity contribution is 0.0960. The average molecular weight is 239 g/mol. The Balaban J connectivity index is 2.22. The van der Waals surface area contributed by atoms with E-state index >= 15 is 0 Å². The van der Waals surface area contributed by atoms with Crippen molar-refractivity contribution >= 4 is 17.4 Å². The van der Waals surface area contributed by atoms with Gasteiger partial charge in [-0.25, -0.2) is 4.39 Å². The zero-order valence-electron chi connectivity index (χ0n) is 8.19. The van der Waals surface area contributed by atoms with Crippen molar-refractivity contribution in [3.63, 3.8) is 0 Å². The summed E-state index contributed by atoms with van der Waals surface area (Å²) in [6.07, 6.45) is 1.40. The maximum Gasteiger partial charge on any atom is 0.220 e. The van der Waals surface area contributed by atoms with Crippen molar-refractivity contribution in [3.05, 3.63) is 59.8 Å². The first kappa shape index (κ1) is 10.9. The molecule has 1 atom stereocenters. The molecule has 1 heterocycles. The number of hydrogen-bond acceptors (Lipinski definition) is 2. The molecule has 16 heavy (non-hydrogen) atoms. The summed E-state index contributed by atoms with van der Waals surface area (Å²) in [6.45, 7) is 0. The molecule has 2 aromatic rings. The molecule has 0 bridgehead atoms. The van der Waals surface area contributed by atoms with Gasteiger partial charge in [-0.15, -0.1) is 11.6 Å². The van der Waals surface area contributed by atoms with Crippen molar-refractivity contribution in [1.29, 1.82) is 0 Å². The van der Waals surface area contributed by atoms with Gasteiger partial charge in [0, 0.05) is 0 Å². The lowest BCUT2D eigenvalue weighted by atomic mass is 10.1. The smallest absolute Gasteiger partial charge is 0.220 e. The van der Waals surface area contributed by atoms with Crippen molar-refractivity contribution < 1.29 is 13.6 Å². The topological polar surface area (TPSA) is 30.2 Å². The highest BCUT2D eigenvalue weighted by Gasteiger charge is 2.21. The van der Waals surface area contributed by atoms with E-state index in [0.29, 0.717) is 5.56 Å². The van der Waals surface area contributed by atoms with Crippen molar-refractivity contribution in [2.75, 3.05) is 0 Å². The molecule has 4 heteroatoms. The molecule has 0 aliphatic rings. The Morgan fingerprint density at radius 3 is 2.50 bits per heavy atom. The maximum atomic E-state index is 12.7. The third-order valence-corrected chi connectivity index (χ3v) is 2.61. The number of ketones is 1. The lowest BCUT2D eigenvalue weighted by Crippen LogP contribution is -2.06. The van der Waals surface area contributed by atoms with Crippen LogP contribution >= 0.6 is 11.6 Å². The minimum atomic E-state index is -0.855. The number of carbonyl (C=O) groups is 1. The third-order valence-electron chi connectivity index (χ3n) is 2.16. The Morgan fingerprint density at radius 1 is 1.25 bits per heavy atom. The first-order valence-electron chi connectivity index (χ1n) is 4.66. The van der Waals surface area contributed by atoms with Gasteiger partial charge < -0.3 is 4.42 Å². The second-order valence-corrected chi connectivity index (χ2v) is 3.69. The van der Waals surface area contributed by atoms with Crippen molar-refractivity contribution in [2.24, 2.45) is 0 Å². The van der Waals surface area contributed by atoms with E-state index in [1.807, 2.05) is 0 Å². The van der Waals surface area contributed by atoms with Crippen LogP contribution in [0.15, 0.2) is 47.1 Å². The molecule has 1 unspecified atom stereocenters. The van der Waals surface area contributed by atoms with Gasteiger partial charge in [0.05, 0.1) is 6.26 Å². The third kappa shape index (κ3) is 2.14. The average Bonchev–Trinajstić information content (AvgIpc) is 2.81. The summed E-state index contributed by atoms with van der Waals surface area (Å²) in [4.78, 5) is 11.8. The van der Waals surface area contributed by atoms with E-state index in [1.165, 1.54) is 30.5 Å². The molecular weight excluding hydrogens is 231 g/mol. The molecule has 0 spiro atoms. The Labute approximate surface area is 96.6 Å². The van der Waals surface area contributed by atoms with Crippen LogP contribution in [0.3, 0.4) is 0 Å². The number of hydrogen-bond donors (Lipinski definition) is 0. The summed E-state index contributed by atoms with van der Waals surface area (Å²) in [5.41, 5.74) is 0.546. The number of halogens is 2. The van der Waals surface area contributed by atoms with Gasteiger partial charge in [0.15, 0.2) is 5.76 Å². The maximum absolute atomic E-state index is 12.7. The van der Waals surface area contributed by atoms with Gasteiger partial charge in [-0.05, 0) is 29.8 Å². The van der Waals surface area contributed by atoms with Gasteiger partial charge in [-0.1, -0.05) is 12.1 Å². The van der Waals surface area contributed by atoms with Crippen molar-refractivity contribution in [3.8, 4) is 0 Å². The predicted octanol–water partition coefficient (Wildman–Crippen LogP) is 3.58. The van der Waals surface area contributed by atoms with Crippen LogP contribution in [0.2, 0.25) is 0 Å². The molecule has 0 aliphatic carbocycles. The van der Waals surface area contributed by atoms with Crippen LogP contribution in [0.4, 0.5) is 4.39 Å². The van der Waals surface area contributed by atoms with E-state index in [2.05, 4.69) is 0 Å². The number of benzene rings is 1. The molecule has 2 rings (SSSR count). The highest BCUT2D eigenvalue weighted by atomic mass is 35.5. The molecule has 0 aliphatic heterocycles. The molecule has 2 nitrogen and oxygen atoms in total. The van der Waals surface area contributed by atoms with Crippen molar-refractivity contribution in [2.45, 2.75) is 5.38 Å². The van der Waals surface area contributed by atoms with Gasteiger partial charge in [-0.2, -0.15) is 0 Å². The zero-order valence-corrected chi connectivity index (χ0v) is 8.95. The molecule has 1 aromatic heterocycles. The van der Waals surface area contributed by atoms with Crippen LogP contribution in [0.25, 0.3) is 0 Å². The van der Waals surface area contributed by atoms with Crippen LogP contribution < -0.4 is 0 Å². The summed E-state index contributed by atoms with van der Waals surface area (Å²) < 4.78 is 17.6. The summed E-state index contributed by atoms with van der Waals surface area (Å²) in [5, 5.41) is -0.855. The van der Waals surface area contributed by atoms with Crippen molar-refractivity contribution in [1.82, 2.24) is 0 Å². The minimum Gasteiger partial charge on any atom is -0.461 e. The number of furan rings is 1. The van der Waals surface area contributed by atoms with E-state index in [0.717, 1.165) is 0 Å². The van der Waals surface area contributed by atoms with Gasteiger partial charge in [0.1, 0.15) is 11.2 Å². The molecule has 0 saturated heterocycles. The van der Waals surface area contributed by atoms with E-state index in [1.54, 1.807) is 12.1 Å². The second-order valence-electron chi connectivity index (χ2n) is 3.26. The minimum absolute atomic E-state index is 0.198. The molecule has 82 valence electrons. The fraction of sp³-hybridized carbons (Fsp3) is 0.0833. The van der Waals surface area contributed by atoms with E-state index in [4.69, 9.17) is 16.0 Å². The lowest BCUT2D eigenvalue weighted by Gasteiger charge is -2.06. The summed E-state index contributed by atoms with van der Waals surface area (Å²) in [5.74, 6) is -0.499. The highest BCUT2D eigenvalue weighted by Crippen LogP contribution is 2.25. The normalized spacial score (nSPS) is 12.4. The number of Topliss-reactive ketones (excluding diaryl/α,β-unsaturated/α-hetero) is 1. The SMILES string of the molecule is O=C(c1ccco1)C(Cl)c1ccc(F)cc1. The molecule has 0 radical (unpaired) electrons. The van der Waals surface area contributed by atoms with Crippen LogP contribution in [0.5, 0.6) is 0 Å². The predicted molar refractivity (Wildman–Crippen MR) is 58.0 cm³/mol. The zero-order chi connectivity index (χ0) is 11.5. The molecule has 0 amide bonds. The fourth-order valence-corrected chi connectivity index (χ4v) is 1.58. The molecule has 0 saturated carbocycles. The summed E-state index contributed by atoms with van der Waals surface area (Å²) >= 11 is 5.97. The largest absolute Gasteiger partial charge is 0.461 e. The fourth-order valence-electron chi connectivity index (χ4n) is 1.33. The van der Waals surface area contributed by atoms with E-state index < -0.39 is 5.38 Å². The molecule has 1 aromatic carbocycles. The standard InChI is InChI=1S/C12H8ClFO2/c13-11(8-3-5-9(14)6-4-8)12(15)10-2-1-7-16-10/h1-7,11H. The number of rotatable bonds is 3. The quantitative estimate of drug-likeness (QED) is 0.604. The first-order valence-corrected chi connectivity index (χ1v) is 5.09. The Morgan fingerprint density at radius 2 is 1.94 bits per heavy atom. The van der Waals surface area contributed by atoms with E-state index in [-0.39, 0.29) is 17.4 Å². The number of alkyl halides is 1. The van der Waals surface area contributed by atoms with Crippen LogP contribution in [0, 0.1) is 5.82 Å². The van der Waals surface area contributed by atoms with Crippen LogP contribution in [-0.2, 0) is 0 Å². The van der Waals surface area contributed by atoms with Crippen LogP contribution in [-0.4, -0.2) is 5.78 Å². The van der Waals surface area contributed by atoms with Gasteiger partial charge in [0.2, 0.25) is 5.78 Å². The Bertz CT molecular complexity index is 476. The van der Waals surface area contributed by atoms with Gasteiger partial charge >= 0.3 is 0 Å². The van der Waals surface area contributed by atoms with Gasteiger partial charge in [-0.3, -0.25) is 4.79 Å². The Hall–Kier alpha value is -1.61. The second kappa shape index (κ2) is 4.49. The molecule has 0 N–H and O–H groups in total. The van der Waals surface area contributed by atoms with E-state index in [9.17, 15) is 9.18 Å². The van der Waals surface area contributed by atoms with Crippen LogP contribution in [0.1, 0.15) is 21.5 Å². The monoisotopic (exact) mass is 238 g/mol. The molecular formula is C12H8ClFO2. The van der Waals surface area contributed by atoms with Gasteiger partial charge in [0.25, 0.3) is 0 Å². The first-order chi connectivity index (χ1) is 7.68.